The molecule has 2 aromatic carbocycles. The number of nitrogens with one attached hydrogen (secondary N) is 3. The van der Waals surface area contributed by atoms with Crippen LogP contribution in [0.15, 0.2) is 23.2 Å². The summed E-state index contributed by atoms with van der Waals surface area (Å²) < 4.78 is 0. The van der Waals surface area contributed by atoms with Gasteiger partial charge in [-0.3, -0.25) is 9.79 Å². The summed E-state index contributed by atoms with van der Waals surface area (Å²) in [7, 11) is 0. The van der Waals surface area contributed by atoms with E-state index in [1.54, 1.807) is 0 Å². The number of carbonyl (C=O) groups excluding carboxylic acids is 1. The Hall–Kier alpha value is -3.50. The Balaban J connectivity index is 1.91. The number of hydrogen-bond acceptors (Lipinski definition) is 9. The molecule has 10 heteroatoms. The quantitative estimate of drug-likeness (QED) is 0.127. The molecule has 3 aromatic rings. The second-order valence-corrected chi connectivity index (χ2v) is 9.57. The van der Waals surface area contributed by atoms with E-state index < -0.39 is 0 Å². The van der Waals surface area contributed by atoms with Gasteiger partial charge in [0.1, 0.15) is 39.3 Å². The molecule has 0 saturated heterocycles. The van der Waals surface area contributed by atoms with Crippen molar-refractivity contribution in [2.45, 2.75) is 27.7 Å². The molecule has 0 spiro atoms. The molecule has 6 N–H and O–H groups in total. The largest absolute Gasteiger partial charge is 0.507 e. The lowest BCUT2D eigenvalue weighted by molar-refractivity contribution is 0.0955. The number of benzene rings is 2. The van der Waals surface area contributed by atoms with E-state index in [-0.39, 0.29) is 56.3 Å². The minimum absolute atomic E-state index is 0.0892. The summed E-state index contributed by atoms with van der Waals surface area (Å²) in [6, 6.07) is 4.02. The van der Waals surface area contributed by atoms with Gasteiger partial charge in [-0.2, -0.15) is 0 Å². The molecule has 0 fully saturated rings. The topological polar surface area (TPSA) is 152 Å². The fraction of sp³-hybridized carbons (Fsp3) is 0.462. The molecule has 1 aromatic heterocycles. The van der Waals surface area contributed by atoms with Crippen molar-refractivity contribution in [2.75, 3.05) is 39.3 Å². The fourth-order valence-electron chi connectivity index (χ4n) is 3.64. The molecule has 0 aliphatic heterocycles. The van der Waals surface area contributed by atoms with Crippen molar-refractivity contribution >= 4 is 34.2 Å². The average molecular weight is 497 g/mol. The molecule has 0 aliphatic rings. The van der Waals surface area contributed by atoms with Crippen LogP contribution in [0.5, 0.6) is 17.2 Å². The second kappa shape index (κ2) is 12.5. The number of fused-ring (bicyclic) bond motifs is 2. The van der Waals surface area contributed by atoms with Gasteiger partial charge in [-0.05, 0) is 37.1 Å². The van der Waals surface area contributed by atoms with Gasteiger partial charge >= 0.3 is 0 Å². The fourth-order valence-corrected chi connectivity index (χ4v) is 3.64. The molecule has 36 heavy (non-hydrogen) atoms. The third-order valence-corrected chi connectivity index (χ3v) is 5.42. The maximum Gasteiger partial charge on any atom is 0.253 e. The summed E-state index contributed by atoms with van der Waals surface area (Å²) in [5.41, 5.74) is 0.998. The highest BCUT2D eigenvalue weighted by molar-refractivity contribution is 6.10. The maximum absolute atomic E-state index is 12.9. The van der Waals surface area contributed by atoms with Crippen molar-refractivity contribution < 1.29 is 20.1 Å². The molecular formula is C26H36N6O4. The number of aromatic hydroxyl groups is 3. The van der Waals surface area contributed by atoms with Crippen LogP contribution in [0.4, 0.5) is 0 Å². The van der Waals surface area contributed by atoms with Crippen LogP contribution >= 0.6 is 0 Å². The van der Waals surface area contributed by atoms with Crippen LogP contribution in [-0.2, 0) is 0 Å². The van der Waals surface area contributed by atoms with E-state index >= 15 is 0 Å². The van der Waals surface area contributed by atoms with Gasteiger partial charge in [-0.1, -0.05) is 27.7 Å². The molecule has 194 valence electrons. The molecule has 0 aliphatic carbocycles. The Morgan fingerprint density at radius 1 is 0.861 bits per heavy atom. The summed E-state index contributed by atoms with van der Waals surface area (Å²) in [5, 5.41) is 40.8. The van der Waals surface area contributed by atoms with E-state index in [0.717, 1.165) is 13.1 Å². The summed E-state index contributed by atoms with van der Waals surface area (Å²) >= 11 is 0. The van der Waals surface area contributed by atoms with Crippen LogP contribution in [0, 0.1) is 11.8 Å². The third kappa shape index (κ3) is 6.79. The molecule has 0 radical (unpaired) electrons. The van der Waals surface area contributed by atoms with E-state index in [9.17, 15) is 20.1 Å². The van der Waals surface area contributed by atoms with Crippen LogP contribution in [0.2, 0.25) is 0 Å². The summed E-state index contributed by atoms with van der Waals surface area (Å²) in [4.78, 5) is 26.2. The molecule has 0 bridgehead atoms. The van der Waals surface area contributed by atoms with Crippen molar-refractivity contribution in [3.05, 3.63) is 29.3 Å². The van der Waals surface area contributed by atoms with Crippen molar-refractivity contribution in [3.8, 4) is 17.2 Å². The smallest absolute Gasteiger partial charge is 0.253 e. The first kappa shape index (κ1) is 27.1. The number of nitrogens with zero attached hydrogens (tertiary/aromatic N) is 3. The highest BCUT2D eigenvalue weighted by atomic mass is 16.3. The van der Waals surface area contributed by atoms with Crippen LogP contribution in [0.25, 0.3) is 22.1 Å². The lowest BCUT2D eigenvalue weighted by Crippen LogP contribution is -2.33. The molecule has 10 nitrogen and oxygen atoms in total. The molecule has 0 atom stereocenters. The Bertz CT molecular complexity index is 1240. The van der Waals surface area contributed by atoms with Gasteiger partial charge < -0.3 is 31.3 Å². The number of rotatable bonds is 12. The molecule has 0 saturated carbocycles. The Morgan fingerprint density at radius 2 is 1.50 bits per heavy atom. The van der Waals surface area contributed by atoms with Crippen molar-refractivity contribution in [2.24, 2.45) is 16.8 Å². The average Bonchev–Trinajstić information content (AvgIpc) is 2.82. The number of phenolic OH excluding ortho intramolecular Hbond substituents is 3. The predicted molar refractivity (Wildman–Crippen MR) is 142 cm³/mol. The normalized spacial score (nSPS) is 11.9. The molecule has 1 amide bonds. The predicted octanol–water partition coefficient (Wildman–Crippen LogP) is 2.54. The molecule has 1 heterocycles. The second-order valence-electron chi connectivity index (χ2n) is 9.57. The highest BCUT2D eigenvalue weighted by Crippen LogP contribution is 2.35. The van der Waals surface area contributed by atoms with Crippen LogP contribution in [0.3, 0.4) is 0 Å². The lowest BCUT2D eigenvalue weighted by Gasteiger charge is -2.12. The van der Waals surface area contributed by atoms with Crippen molar-refractivity contribution in [1.82, 2.24) is 25.9 Å². The standard InChI is InChI=1S/C26H36N6O4/c1-15(2)12-27-7-8-29-14-18-20(34)11-21(35)25-23(18)32-24-19(33)6-5-17(22(24)31-25)26(36)30-10-9-28-13-16(3)4/h5-6,11,14-16,27-28,33-35H,7-10,12-13H2,1-4H3,(H,30,36). The zero-order valence-corrected chi connectivity index (χ0v) is 21.3. The van der Waals surface area contributed by atoms with Gasteiger partial charge in [-0.15, -0.1) is 0 Å². The van der Waals surface area contributed by atoms with Crippen LogP contribution < -0.4 is 16.0 Å². The number of hydrogen-bond donors (Lipinski definition) is 6. The van der Waals surface area contributed by atoms with E-state index in [0.29, 0.717) is 38.0 Å². The van der Waals surface area contributed by atoms with Gasteiger partial charge in [0.2, 0.25) is 0 Å². The SMILES string of the molecule is CC(C)CNCCN=Cc1c(O)cc(O)c2nc3c(C(=O)NCCNCC(C)C)ccc(O)c3nc12. The number of aliphatic imine (C=N–C) groups is 1. The number of aromatic nitrogens is 2. The Labute approximate surface area is 210 Å². The zero-order valence-electron chi connectivity index (χ0n) is 21.3. The van der Waals surface area contributed by atoms with Gasteiger partial charge in [0.15, 0.2) is 0 Å². The van der Waals surface area contributed by atoms with Crippen LogP contribution in [-0.4, -0.2) is 76.7 Å². The lowest BCUT2D eigenvalue weighted by atomic mass is 10.1. The van der Waals surface area contributed by atoms with Gasteiger partial charge in [0.25, 0.3) is 5.91 Å². The minimum atomic E-state index is -0.367. The molecular weight excluding hydrogens is 460 g/mol. The summed E-state index contributed by atoms with van der Waals surface area (Å²) in [6.45, 7) is 12.4. The highest BCUT2D eigenvalue weighted by Gasteiger charge is 2.20. The number of amides is 1. The van der Waals surface area contributed by atoms with Crippen molar-refractivity contribution in [3.63, 3.8) is 0 Å². The first-order valence-corrected chi connectivity index (χ1v) is 12.3. The summed E-state index contributed by atoms with van der Waals surface area (Å²) in [5.74, 6) is -0.000119. The van der Waals surface area contributed by atoms with Crippen LogP contribution in [0.1, 0.15) is 43.6 Å². The first-order valence-electron chi connectivity index (χ1n) is 12.3. The first-order chi connectivity index (χ1) is 17.2. The third-order valence-electron chi connectivity index (χ3n) is 5.42. The van der Waals surface area contributed by atoms with E-state index in [1.807, 2.05) is 0 Å². The maximum atomic E-state index is 12.9. The molecule has 3 rings (SSSR count). The Kier molecular flexibility index (Phi) is 9.38. The zero-order chi connectivity index (χ0) is 26.2. The van der Waals surface area contributed by atoms with Crippen molar-refractivity contribution in [1.29, 1.82) is 0 Å². The Morgan fingerprint density at radius 3 is 2.19 bits per heavy atom. The minimum Gasteiger partial charge on any atom is -0.507 e. The molecule has 0 unspecified atom stereocenters. The number of carbonyl (C=O) groups is 1. The summed E-state index contributed by atoms with van der Waals surface area (Å²) in [6.07, 6.45) is 1.48. The monoisotopic (exact) mass is 496 g/mol. The van der Waals surface area contributed by atoms with Gasteiger partial charge in [-0.25, -0.2) is 9.97 Å². The van der Waals surface area contributed by atoms with Gasteiger partial charge in [0, 0.05) is 31.9 Å². The van der Waals surface area contributed by atoms with E-state index in [1.165, 1.54) is 24.4 Å². The van der Waals surface area contributed by atoms with Gasteiger partial charge in [0.05, 0.1) is 17.7 Å². The van der Waals surface area contributed by atoms with E-state index in [4.69, 9.17) is 0 Å². The number of phenols is 3. The van der Waals surface area contributed by atoms with E-state index in [2.05, 4.69) is 58.6 Å².